The van der Waals surface area contributed by atoms with Crippen LogP contribution >= 0.6 is 22.9 Å². The lowest BCUT2D eigenvalue weighted by Gasteiger charge is -2.22. The molecule has 11 heteroatoms. The predicted octanol–water partition coefficient (Wildman–Crippen LogP) is 2.62. The zero-order valence-electron chi connectivity index (χ0n) is 16.2. The number of halogens is 1. The second-order valence-electron chi connectivity index (χ2n) is 7.04. The molecule has 8 nitrogen and oxygen atoms in total. The maximum atomic E-state index is 13.2. The van der Waals surface area contributed by atoms with Gasteiger partial charge in [0.05, 0.1) is 4.88 Å². The highest BCUT2D eigenvalue weighted by molar-refractivity contribution is 7.91. The first-order valence-corrected chi connectivity index (χ1v) is 12.2. The summed E-state index contributed by atoms with van der Waals surface area (Å²) in [4.78, 5) is 24.5. The summed E-state index contributed by atoms with van der Waals surface area (Å²) in [5, 5.41) is 9.70. The number of carbonyl (C=O) groups is 1. The minimum atomic E-state index is -3.84. The number of aromatic nitrogens is 2. The molecule has 0 aliphatic carbocycles. The average molecular weight is 479 g/mol. The number of carbonyl (C=O) groups excluding carboxylic acids is 1. The monoisotopic (exact) mass is 478 g/mol. The quantitative estimate of drug-likeness (QED) is 0.565. The van der Waals surface area contributed by atoms with Crippen molar-refractivity contribution < 1.29 is 13.2 Å². The van der Waals surface area contributed by atoms with Crippen LogP contribution in [0.2, 0.25) is 5.02 Å². The third-order valence-corrected chi connectivity index (χ3v) is 8.70. The smallest absolute Gasteiger partial charge is 0.264 e. The summed E-state index contributed by atoms with van der Waals surface area (Å²) in [6, 6.07) is 12.3. The summed E-state index contributed by atoms with van der Waals surface area (Å²) in [6.45, 7) is 0.576. The molecule has 0 radical (unpaired) electrons. The third kappa shape index (κ3) is 4.72. The van der Waals surface area contributed by atoms with Gasteiger partial charge in [-0.1, -0.05) is 23.7 Å². The molecule has 3 aromatic rings. The molecule has 162 valence electrons. The highest BCUT2D eigenvalue weighted by atomic mass is 35.5. The maximum absolute atomic E-state index is 13.2. The van der Waals surface area contributed by atoms with E-state index in [-0.39, 0.29) is 22.2 Å². The number of rotatable bonds is 6. The lowest BCUT2D eigenvalue weighted by molar-refractivity contribution is -0.124. The van der Waals surface area contributed by atoms with Gasteiger partial charge in [0.25, 0.3) is 15.6 Å². The van der Waals surface area contributed by atoms with Crippen LogP contribution in [0.25, 0.3) is 10.6 Å². The number of thiophene rings is 1. The highest BCUT2D eigenvalue weighted by Crippen LogP contribution is 2.33. The standard InChI is InChI=1S/C20H19ClN4O4S2/c21-14-5-3-13(4-6-14)12-22-20(27)16-2-1-11-25(16)31(28,29)19-10-8-17(30-19)15-7-9-18(26)24-23-15/h3-10,16H,1-2,11-12H2,(H,22,27)(H,24,26). The fraction of sp³-hybridized carbons (Fsp3) is 0.250. The Balaban J connectivity index is 1.49. The molecule has 31 heavy (non-hydrogen) atoms. The van der Waals surface area contributed by atoms with Crippen LogP contribution in [0.5, 0.6) is 0 Å². The summed E-state index contributed by atoms with van der Waals surface area (Å²) >= 11 is 6.93. The minimum absolute atomic E-state index is 0.132. The molecular weight excluding hydrogens is 460 g/mol. The zero-order chi connectivity index (χ0) is 22.0. The molecule has 1 aliphatic heterocycles. The van der Waals surface area contributed by atoms with Crippen molar-refractivity contribution in [2.45, 2.75) is 29.6 Å². The predicted molar refractivity (Wildman–Crippen MR) is 118 cm³/mol. The number of sulfonamides is 1. The molecule has 2 aromatic heterocycles. The fourth-order valence-corrected chi connectivity index (χ4v) is 6.58. The Morgan fingerprint density at radius 3 is 2.68 bits per heavy atom. The molecule has 2 N–H and O–H groups in total. The molecule has 0 saturated carbocycles. The van der Waals surface area contributed by atoms with E-state index < -0.39 is 16.1 Å². The van der Waals surface area contributed by atoms with Crippen molar-refractivity contribution in [1.82, 2.24) is 19.8 Å². The Kier molecular flexibility index (Phi) is 6.24. The van der Waals surface area contributed by atoms with Crippen LogP contribution in [0.3, 0.4) is 0 Å². The van der Waals surface area contributed by atoms with Gasteiger partial charge >= 0.3 is 0 Å². The van der Waals surface area contributed by atoms with Crippen molar-refractivity contribution >= 4 is 38.9 Å². The van der Waals surface area contributed by atoms with Crippen molar-refractivity contribution in [3.05, 3.63) is 69.5 Å². The first-order chi connectivity index (χ1) is 14.8. The van der Waals surface area contributed by atoms with Gasteiger partial charge in [-0.15, -0.1) is 11.3 Å². The minimum Gasteiger partial charge on any atom is -0.351 e. The number of nitrogens with zero attached hydrogens (tertiary/aromatic N) is 2. The van der Waals surface area contributed by atoms with Crippen molar-refractivity contribution in [1.29, 1.82) is 0 Å². The maximum Gasteiger partial charge on any atom is 0.264 e. The number of hydrogen-bond donors (Lipinski definition) is 2. The van der Waals surface area contributed by atoms with E-state index in [1.807, 2.05) is 12.1 Å². The van der Waals surface area contributed by atoms with E-state index in [9.17, 15) is 18.0 Å². The fourth-order valence-electron chi connectivity index (χ4n) is 3.39. The van der Waals surface area contributed by atoms with E-state index in [2.05, 4.69) is 15.5 Å². The molecule has 0 bridgehead atoms. The molecule has 1 saturated heterocycles. The number of H-pyrrole nitrogens is 1. The van der Waals surface area contributed by atoms with Crippen LogP contribution < -0.4 is 10.9 Å². The molecule has 1 unspecified atom stereocenters. The van der Waals surface area contributed by atoms with Gasteiger partial charge < -0.3 is 5.32 Å². The van der Waals surface area contributed by atoms with E-state index in [0.717, 1.165) is 16.9 Å². The van der Waals surface area contributed by atoms with Gasteiger partial charge in [-0.2, -0.15) is 9.40 Å². The van der Waals surface area contributed by atoms with Gasteiger partial charge in [-0.05, 0) is 48.7 Å². The van der Waals surface area contributed by atoms with Crippen molar-refractivity contribution in [2.75, 3.05) is 6.54 Å². The van der Waals surface area contributed by atoms with Gasteiger partial charge in [0.15, 0.2) is 0 Å². The van der Waals surface area contributed by atoms with Crippen molar-refractivity contribution in [3.8, 4) is 10.6 Å². The van der Waals surface area contributed by atoms with Gasteiger partial charge in [0.2, 0.25) is 5.91 Å². The number of aromatic amines is 1. The van der Waals surface area contributed by atoms with Gasteiger partial charge in [0, 0.05) is 24.2 Å². The second-order valence-corrected chi connectivity index (χ2v) is 10.7. The molecule has 3 heterocycles. The molecule has 1 amide bonds. The number of benzene rings is 1. The first-order valence-electron chi connectivity index (χ1n) is 9.54. The first kappa shape index (κ1) is 21.7. The lowest BCUT2D eigenvalue weighted by atomic mass is 10.2. The van der Waals surface area contributed by atoms with Crippen LogP contribution in [0.15, 0.2) is 57.5 Å². The van der Waals surface area contributed by atoms with E-state index in [1.165, 1.54) is 22.5 Å². The Hall–Kier alpha value is -2.53. The average Bonchev–Trinajstić information content (AvgIpc) is 3.44. The van der Waals surface area contributed by atoms with Crippen LogP contribution in [0.4, 0.5) is 0 Å². The van der Waals surface area contributed by atoms with Crippen molar-refractivity contribution in [2.24, 2.45) is 0 Å². The zero-order valence-corrected chi connectivity index (χ0v) is 18.6. The van der Waals surface area contributed by atoms with Crippen LogP contribution in [0.1, 0.15) is 18.4 Å². The third-order valence-electron chi connectivity index (χ3n) is 4.96. The molecular formula is C20H19ClN4O4S2. The van der Waals surface area contributed by atoms with Gasteiger partial charge in [0.1, 0.15) is 15.9 Å². The second kappa shape index (κ2) is 8.91. The van der Waals surface area contributed by atoms with Gasteiger partial charge in [-0.25, -0.2) is 13.5 Å². The molecule has 1 aliphatic rings. The van der Waals surface area contributed by atoms with E-state index in [4.69, 9.17) is 11.6 Å². The highest BCUT2D eigenvalue weighted by Gasteiger charge is 2.40. The summed E-state index contributed by atoms with van der Waals surface area (Å²) in [6.07, 6.45) is 1.07. The summed E-state index contributed by atoms with van der Waals surface area (Å²) in [5.41, 5.74) is 1.02. The largest absolute Gasteiger partial charge is 0.351 e. The van der Waals surface area contributed by atoms with Gasteiger partial charge in [-0.3, -0.25) is 9.59 Å². The SMILES string of the molecule is O=C(NCc1ccc(Cl)cc1)C1CCCN1S(=O)(=O)c1ccc(-c2ccc(=O)[nH]n2)s1. The van der Waals surface area contributed by atoms with E-state index >= 15 is 0 Å². The Morgan fingerprint density at radius 2 is 1.97 bits per heavy atom. The Morgan fingerprint density at radius 1 is 1.19 bits per heavy atom. The molecule has 1 fully saturated rings. The lowest BCUT2D eigenvalue weighted by Crippen LogP contribution is -2.45. The molecule has 4 rings (SSSR count). The molecule has 1 aromatic carbocycles. The summed E-state index contributed by atoms with van der Waals surface area (Å²) in [7, 11) is -3.84. The van der Waals surface area contributed by atoms with Crippen LogP contribution in [0, 0.1) is 0 Å². The summed E-state index contributed by atoms with van der Waals surface area (Å²) in [5.74, 6) is -0.324. The number of nitrogens with one attached hydrogen (secondary N) is 2. The van der Waals surface area contributed by atoms with Crippen molar-refractivity contribution in [3.63, 3.8) is 0 Å². The molecule has 0 spiro atoms. The van der Waals surface area contributed by atoms with Crippen LogP contribution in [-0.4, -0.2) is 41.4 Å². The van der Waals surface area contributed by atoms with E-state index in [0.29, 0.717) is 35.0 Å². The number of hydrogen-bond acceptors (Lipinski definition) is 6. The van der Waals surface area contributed by atoms with E-state index in [1.54, 1.807) is 18.2 Å². The van der Waals surface area contributed by atoms with Crippen LogP contribution in [-0.2, 0) is 21.4 Å². The summed E-state index contributed by atoms with van der Waals surface area (Å²) < 4.78 is 27.8. The topological polar surface area (TPSA) is 112 Å². The Bertz CT molecular complexity index is 1230. The molecule has 1 atom stereocenters. The Labute approximate surface area is 187 Å². The normalized spacial score (nSPS) is 17.0. The number of amides is 1.